The highest BCUT2D eigenvalue weighted by atomic mass is 35.5. The molecule has 0 radical (unpaired) electrons. The van der Waals surface area contributed by atoms with Gasteiger partial charge in [0.05, 0.1) is 4.34 Å². The molecular weight excluding hydrogens is 277 g/mol. The zero-order chi connectivity index (χ0) is 12.3. The fourth-order valence-corrected chi connectivity index (χ4v) is 3.37. The quantitative estimate of drug-likeness (QED) is 0.847. The summed E-state index contributed by atoms with van der Waals surface area (Å²) in [7, 11) is 0. The van der Waals surface area contributed by atoms with Crippen molar-refractivity contribution in [2.24, 2.45) is 5.73 Å². The largest absolute Gasteiger partial charge is 0.323 e. The highest BCUT2D eigenvalue weighted by Gasteiger charge is 2.09. The van der Waals surface area contributed by atoms with Crippen LogP contribution in [0, 0.1) is 5.82 Å². The van der Waals surface area contributed by atoms with Crippen molar-refractivity contribution in [2.45, 2.75) is 10.9 Å². The molecule has 1 heterocycles. The normalized spacial score (nSPS) is 12.6. The molecule has 2 rings (SSSR count). The van der Waals surface area contributed by atoms with E-state index in [0.29, 0.717) is 0 Å². The summed E-state index contributed by atoms with van der Waals surface area (Å²) in [5.74, 6) is 0.534. The molecule has 0 bridgehead atoms. The number of thioether (sulfide) groups is 1. The van der Waals surface area contributed by atoms with Crippen LogP contribution in [-0.4, -0.2) is 5.75 Å². The number of hydrogen-bond acceptors (Lipinski definition) is 3. The Bertz CT molecular complexity index is 484. The molecule has 1 aromatic carbocycles. The minimum Gasteiger partial charge on any atom is -0.323 e. The molecule has 1 nitrogen and oxygen atoms in total. The second kappa shape index (κ2) is 5.87. The maximum Gasteiger partial charge on any atom is 0.123 e. The summed E-state index contributed by atoms with van der Waals surface area (Å²) >= 11 is 8.97. The molecule has 5 heteroatoms. The van der Waals surface area contributed by atoms with Gasteiger partial charge in [-0.25, -0.2) is 4.39 Å². The highest BCUT2D eigenvalue weighted by molar-refractivity contribution is 7.99. The number of halogens is 2. The molecule has 0 spiro atoms. The van der Waals surface area contributed by atoms with E-state index in [1.165, 1.54) is 23.5 Å². The number of thiophene rings is 1. The summed E-state index contributed by atoms with van der Waals surface area (Å²) in [6.07, 6.45) is 0. The third-order valence-corrected chi connectivity index (χ3v) is 4.70. The standard InChI is InChI=1S/C12H11ClFNS2/c13-12-6-5-11(17-12)10(15)7-16-9-3-1-8(14)2-4-9/h1-6,10H,7,15H2. The van der Waals surface area contributed by atoms with Crippen LogP contribution in [-0.2, 0) is 0 Å². The molecule has 0 saturated heterocycles. The number of rotatable bonds is 4. The molecule has 0 fully saturated rings. The molecule has 1 aromatic heterocycles. The second-order valence-electron chi connectivity index (χ2n) is 3.51. The van der Waals surface area contributed by atoms with Gasteiger partial charge < -0.3 is 5.73 Å². The topological polar surface area (TPSA) is 26.0 Å². The Labute approximate surface area is 113 Å². The van der Waals surface area contributed by atoms with Crippen LogP contribution in [0.3, 0.4) is 0 Å². The van der Waals surface area contributed by atoms with Crippen LogP contribution in [0.1, 0.15) is 10.9 Å². The SMILES string of the molecule is NC(CSc1ccc(F)cc1)c1ccc(Cl)s1. The first kappa shape index (κ1) is 12.9. The molecule has 0 aliphatic carbocycles. The highest BCUT2D eigenvalue weighted by Crippen LogP contribution is 2.29. The summed E-state index contributed by atoms with van der Waals surface area (Å²) in [5.41, 5.74) is 6.04. The average molecular weight is 288 g/mol. The monoisotopic (exact) mass is 287 g/mol. The zero-order valence-corrected chi connectivity index (χ0v) is 11.3. The lowest BCUT2D eigenvalue weighted by Crippen LogP contribution is -2.11. The Kier molecular flexibility index (Phi) is 4.45. The van der Waals surface area contributed by atoms with E-state index in [1.54, 1.807) is 23.9 Å². The van der Waals surface area contributed by atoms with Crippen molar-refractivity contribution in [2.75, 3.05) is 5.75 Å². The summed E-state index contributed by atoms with van der Waals surface area (Å²) in [4.78, 5) is 2.09. The summed E-state index contributed by atoms with van der Waals surface area (Å²) in [6.45, 7) is 0. The van der Waals surface area contributed by atoms with Gasteiger partial charge in [-0.3, -0.25) is 0 Å². The molecular formula is C12H11ClFNS2. The van der Waals surface area contributed by atoms with E-state index in [9.17, 15) is 4.39 Å². The van der Waals surface area contributed by atoms with Crippen LogP contribution < -0.4 is 5.73 Å². The van der Waals surface area contributed by atoms with Crippen molar-refractivity contribution in [3.63, 3.8) is 0 Å². The number of nitrogens with two attached hydrogens (primary N) is 1. The summed E-state index contributed by atoms with van der Waals surface area (Å²) < 4.78 is 13.5. The van der Waals surface area contributed by atoms with Crippen molar-refractivity contribution in [1.29, 1.82) is 0 Å². The van der Waals surface area contributed by atoms with Gasteiger partial charge in [-0.1, -0.05) is 11.6 Å². The minimum atomic E-state index is -0.219. The van der Waals surface area contributed by atoms with E-state index in [-0.39, 0.29) is 11.9 Å². The van der Waals surface area contributed by atoms with Crippen LogP contribution in [0.4, 0.5) is 4.39 Å². The van der Waals surface area contributed by atoms with E-state index < -0.39 is 0 Å². The van der Waals surface area contributed by atoms with E-state index in [4.69, 9.17) is 17.3 Å². The molecule has 2 aromatic rings. The van der Waals surface area contributed by atoms with Crippen LogP contribution in [0.5, 0.6) is 0 Å². The Morgan fingerprint density at radius 3 is 2.53 bits per heavy atom. The maximum absolute atomic E-state index is 12.7. The maximum atomic E-state index is 12.7. The van der Waals surface area contributed by atoms with Crippen molar-refractivity contribution in [1.82, 2.24) is 0 Å². The molecule has 17 heavy (non-hydrogen) atoms. The Morgan fingerprint density at radius 2 is 1.94 bits per heavy atom. The lowest BCUT2D eigenvalue weighted by atomic mass is 10.3. The molecule has 0 aliphatic rings. The summed E-state index contributed by atoms with van der Waals surface area (Å²) in [5, 5.41) is 0. The third kappa shape index (κ3) is 3.71. The summed E-state index contributed by atoms with van der Waals surface area (Å²) in [6, 6.07) is 10.2. The molecule has 2 N–H and O–H groups in total. The smallest absolute Gasteiger partial charge is 0.123 e. The average Bonchev–Trinajstić information content (AvgIpc) is 2.75. The first-order chi connectivity index (χ1) is 8.15. The van der Waals surface area contributed by atoms with Crippen molar-refractivity contribution in [3.8, 4) is 0 Å². The van der Waals surface area contributed by atoms with Crippen molar-refractivity contribution >= 4 is 34.7 Å². The molecule has 0 aliphatic heterocycles. The molecule has 90 valence electrons. The van der Waals surface area contributed by atoms with Gasteiger partial charge >= 0.3 is 0 Å². The van der Waals surface area contributed by atoms with Gasteiger partial charge in [-0.05, 0) is 36.4 Å². The van der Waals surface area contributed by atoms with E-state index in [0.717, 1.165) is 19.9 Å². The van der Waals surface area contributed by atoms with Crippen LogP contribution in [0.25, 0.3) is 0 Å². The molecule has 1 atom stereocenters. The van der Waals surface area contributed by atoms with Crippen LogP contribution in [0.2, 0.25) is 4.34 Å². The van der Waals surface area contributed by atoms with Gasteiger partial charge in [-0.2, -0.15) is 0 Å². The molecule has 0 saturated carbocycles. The zero-order valence-electron chi connectivity index (χ0n) is 8.90. The lowest BCUT2D eigenvalue weighted by molar-refractivity contribution is 0.626. The fraction of sp³-hybridized carbons (Fsp3) is 0.167. The first-order valence-corrected chi connectivity index (χ1v) is 7.22. The van der Waals surface area contributed by atoms with Gasteiger partial charge in [0.15, 0.2) is 0 Å². The molecule has 0 amide bonds. The van der Waals surface area contributed by atoms with Gasteiger partial charge in [-0.15, -0.1) is 23.1 Å². The predicted octanol–water partition coefficient (Wildman–Crippen LogP) is 4.33. The minimum absolute atomic E-state index is 0.0393. The Balaban J connectivity index is 1.92. The van der Waals surface area contributed by atoms with Gasteiger partial charge in [0.2, 0.25) is 0 Å². The van der Waals surface area contributed by atoms with Crippen LogP contribution >= 0.6 is 34.7 Å². The first-order valence-electron chi connectivity index (χ1n) is 5.04. The van der Waals surface area contributed by atoms with Gasteiger partial charge in [0.25, 0.3) is 0 Å². The Morgan fingerprint density at radius 1 is 1.24 bits per heavy atom. The van der Waals surface area contributed by atoms with Crippen LogP contribution in [0.15, 0.2) is 41.3 Å². The Hall–Kier alpha value is -0.550. The number of hydrogen-bond donors (Lipinski definition) is 1. The fourth-order valence-electron chi connectivity index (χ4n) is 1.33. The lowest BCUT2D eigenvalue weighted by Gasteiger charge is -2.08. The van der Waals surface area contributed by atoms with E-state index in [1.807, 2.05) is 12.1 Å². The third-order valence-electron chi connectivity index (χ3n) is 2.20. The molecule has 1 unspecified atom stereocenters. The second-order valence-corrected chi connectivity index (χ2v) is 6.35. The van der Waals surface area contributed by atoms with Crippen molar-refractivity contribution < 1.29 is 4.39 Å². The van der Waals surface area contributed by atoms with E-state index >= 15 is 0 Å². The van der Waals surface area contributed by atoms with E-state index in [2.05, 4.69) is 0 Å². The van der Waals surface area contributed by atoms with Crippen molar-refractivity contribution in [3.05, 3.63) is 51.4 Å². The number of benzene rings is 1. The van der Waals surface area contributed by atoms with Gasteiger partial charge in [0, 0.05) is 21.6 Å². The van der Waals surface area contributed by atoms with Gasteiger partial charge in [0.1, 0.15) is 5.82 Å². The predicted molar refractivity (Wildman–Crippen MR) is 73.4 cm³/mol.